The summed E-state index contributed by atoms with van der Waals surface area (Å²) in [4.78, 5) is 13.9. The number of piperidine rings is 1. The molecule has 0 saturated carbocycles. The molecule has 0 amide bonds. The predicted molar refractivity (Wildman–Crippen MR) is 75.0 cm³/mol. The van der Waals surface area contributed by atoms with Crippen molar-refractivity contribution in [2.75, 3.05) is 18.8 Å². The summed E-state index contributed by atoms with van der Waals surface area (Å²) in [6.45, 7) is 1.94. The Morgan fingerprint density at radius 2 is 2.11 bits per heavy atom. The first-order chi connectivity index (χ1) is 8.66. The number of halogens is 1. The van der Waals surface area contributed by atoms with E-state index in [1.54, 1.807) is 0 Å². The zero-order valence-corrected chi connectivity index (χ0v) is 11.9. The molecule has 1 aliphatic rings. The van der Waals surface area contributed by atoms with Gasteiger partial charge in [-0.15, -0.1) is 12.4 Å². The van der Waals surface area contributed by atoms with Crippen LogP contribution in [0.5, 0.6) is 0 Å². The molecule has 19 heavy (non-hydrogen) atoms. The van der Waals surface area contributed by atoms with Gasteiger partial charge in [-0.3, -0.25) is 14.3 Å². The number of rotatable bonds is 4. The van der Waals surface area contributed by atoms with E-state index in [2.05, 4.69) is 10.3 Å². The van der Waals surface area contributed by atoms with Gasteiger partial charge in [-0.25, -0.2) is 4.98 Å². The largest absolute Gasteiger partial charge is 0.317 e. The molecule has 106 valence electrons. The highest BCUT2D eigenvalue weighted by molar-refractivity contribution is 7.84. The fourth-order valence-electron chi connectivity index (χ4n) is 1.96. The first kappa shape index (κ1) is 16.0. The van der Waals surface area contributed by atoms with Crippen LogP contribution in [0.15, 0.2) is 23.4 Å². The van der Waals surface area contributed by atoms with Crippen molar-refractivity contribution >= 4 is 28.9 Å². The lowest BCUT2D eigenvalue weighted by molar-refractivity contribution is -0.385. The molecule has 0 aliphatic carbocycles. The van der Waals surface area contributed by atoms with E-state index < -0.39 is 15.7 Å². The molecule has 1 aromatic heterocycles. The van der Waals surface area contributed by atoms with Crippen LogP contribution in [-0.2, 0) is 10.8 Å². The number of hydrogen-bond donors (Lipinski definition) is 1. The minimum Gasteiger partial charge on any atom is -0.317 e. The van der Waals surface area contributed by atoms with E-state index in [4.69, 9.17) is 0 Å². The normalized spacial score (nSPS) is 17.5. The molecule has 1 N–H and O–H groups in total. The summed E-state index contributed by atoms with van der Waals surface area (Å²) in [6, 6.07) is 2.83. The van der Waals surface area contributed by atoms with Gasteiger partial charge in [-0.1, -0.05) is 0 Å². The van der Waals surface area contributed by atoms with E-state index in [-0.39, 0.29) is 18.1 Å². The molecular weight excluding hydrogens is 290 g/mol. The van der Waals surface area contributed by atoms with Gasteiger partial charge in [0.25, 0.3) is 5.69 Å². The fraction of sp³-hybridized carbons (Fsp3) is 0.545. The van der Waals surface area contributed by atoms with Crippen molar-refractivity contribution in [1.82, 2.24) is 10.3 Å². The van der Waals surface area contributed by atoms with Crippen molar-refractivity contribution in [3.63, 3.8) is 0 Å². The standard InChI is InChI=1S/C11H15N3O3S.ClH/c15-14(16)10-1-2-11(13-7-10)18(17)8-9-3-5-12-6-4-9;/h1-2,7,9,12H,3-6,8H2;1H. The van der Waals surface area contributed by atoms with Crippen LogP contribution in [0.25, 0.3) is 0 Å². The molecule has 0 radical (unpaired) electrons. The highest BCUT2D eigenvalue weighted by Crippen LogP contribution is 2.17. The van der Waals surface area contributed by atoms with Crippen molar-refractivity contribution < 1.29 is 9.13 Å². The van der Waals surface area contributed by atoms with Crippen molar-refractivity contribution in [2.45, 2.75) is 17.9 Å². The Morgan fingerprint density at radius 1 is 1.42 bits per heavy atom. The molecule has 8 heteroatoms. The third-order valence-electron chi connectivity index (χ3n) is 3.01. The Bertz CT molecular complexity index is 449. The van der Waals surface area contributed by atoms with E-state index in [0.29, 0.717) is 16.7 Å². The van der Waals surface area contributed by atoms with E-state index in [1.807, 2.05) is 0 Å². The first-order valence-corrected chi connectivity index (χ1v) is 7.18. The van der Waals surface area contributed by atoms with Gasteiger partial charge in [0.05, 0.1) is 15.7 Å². The molecule has 0 aromatic carbocycles. The smallest absolute Gasteiger partial charge is 0.287 e. The van der Waals surface area contributed by atoms with Crippen molar-refractivity contribution in [3.05, 3.63) is 28.4 Å². The third kappa shape index (κ3) is 4.52. The van der Waals surface area contributed by atoms with Gasteiger partial charge in [0.15, 0.2) is 0 Å². The van der Waals surface area contributed by atoms with Gasteiger partial charge >= 0.3 is 0 Å². The van der Waals surface area contributed by atoms with Gasteiger partial charge in [-0.05, 0) is 37.9 Å². The maximum Gasteiger partial charge on any atom is 0.287 e. The Labute approximate surface area is 120 Å². The lowest BCUT2D eigenvalue weighted by Gasteiger charge is -2.21. The molecule has 6 nitrogen and oxygen atoms in total. The van der Waals surface area contributed by atoms with Crippen LogP contribution in [0.4, 0.5) is 5.69 Å². The second-order valence-corrected chi connectivity index (χ2v) is 5.76. The molecule has 2 heterocycles. The Morgan fingerprint density at radius 3 is 2.63 bits per heavy atom. The number of hydrogen-bond acceptors (Lipinski definition) is 5. The van der Waals surface area contributed by atoms with Crippen LogP contribution in [-0.4, -0.2) is 33.0 Å². The van der Waals surface area contributed by atoms with Gasteiger partial charge in [0.2, 0.25) is 0 Å². The van der Waals surface area contributed by atoms with Crippen LogP contribution in [0.1, 0.15) is 12.8 Å². The zero-order valence-electron chi connectivity index (χ0n) is 10.3. The van der Waals surface area contributed by atoms with Crippen LogP contribution in [0, 0.1) is 16.0 Å². The van der Waals surface area contributed by atoms with E-state index >= 15 is 0 Å². The van der Waals surface area contributed by atoms with Crippen LogP contribution in [0.3, 0.4) is 0 Å². The third-order valence-corrected chi connectivity index (χ3v) is 4.49. The topological polar surface area (TPSA) is 85.1 Å². The van der Waals surface area contributed by atoms with Gasteiger partial charge < -0.3 is 5.32 Å². The summed E-state index contributed by atoms with van der Waals surface area (Å²) in [6.07, 6.45) is 3.22. The average molecular weight is 306 g/mol. The summed E-state index contributed by atoms with van der Waals surface area (Å²) < 4.78 is 12.1. The van der Waals surface area contributed by atoms with E-state index in [0.717, 1.165) is 32.1 Å². The van der Waals surface area contributed by atoms with Crippen LogP contribution >= 0.6 is 12.4 Å². The van der Waals surface area contributed by atoms with Gasteiger partial charge in [0, 0.05) is 11.8 Å². The second-order valence-electron chi connectivity index (χ2n) is 4.32. The highest BCUT2D eigenvalue weighted by Gasteiger charge is 2.18. The number of aromatic nitrogens is 1. The van der Waals surface area contributed by atoms with Gasteiger partial charge in [-0.2, -0.15) is 0 Å². The molecule has 1 aromatic rings. The quantitative estimate of drug-likeness (QED) is 0.673. The minimum atomic E-state index is -1.16. The van der Waals surface area contributed by atoms with E-state index in [9.17, 15) is 14.3 Å². The molecule has 2 rings (SSSR count). The maximum atomic E-state index is 12.1. The molecule has 1 aliphatic heterocycles. The molecule has 1 unspecified atom stereocenters. The molecule has 0 spiro atoms. The molecule has 1 saturated heterocycles. The number of pyridine rings is 1. The van der Waals surface area contributed by atoms with Crippen molar-refractivity contribution in [1.29, 1.82) is 0 Å². The summed E-state index contributed by atoms with van der Waals surface area (Å²) >= 11 is 0. The number of nitro groups is 1. The average Bonchev–Trinajstić information content (AvgIpc) is 2.40. The van der Waals surface area contributed by atoms with Crippen LogP contribution < -0.4 is 5.32 Å². The second kappa shape index (κ2) is 7.52. The highest BCUT2D eigenvalue weighted by atomic mass is 35.5. The predicted octanol–water partition coefficient (Wildman–Crippen LogP) is 1.52. The van der Waals surface area contributed by atoms with Crippen molar-refractivity contribution in [3.8, 4) is 0 Å². The first-order valence-electron chi connectivity index (χ1n) is 5.86. The summed E-state index contributed by atoms with van der Waals surface area (Å²) in [5.41, 5.74) is -0.0717. The number of nitrogens with one attached hydrogen (secondary N) is 1. The summed E-state index contributed by atoms with van der Waals surface area (Å²) in [7, 11) is -1.16. The fourth-order valence-corrected chi connectivity index (χ4v) is 3.29. The van der Waals surface area contributed by atoms with Crippen LogP contribution in [0.2, 0.25) is 0 Å². The van der Waals surface area contributed by atoms with Gasteiger partial charge in [0.1, 0.15) is 11.2 Å². The molecule has 1 fully saturated rings. The minimum absolute atomic E-state index is 0. The summed E-state index contributed by atoms with van der Waals surface area (Å²) in [5.74, 6) is 1.04. The number of nitrogens with zero attached hydrogens (tertiary/aromatic N) is 2. The van der Waals surface area contributed by atoms with E-state index in [1.165, 1.54) is 12.1 Å². The Kier molecular flexibility index (Phi) is 6.33. The summed E-state index contributed by atoms with van der Waals surface area (Å²) in [5, 5.41) is 14.2. The SMILES string of the molecule is Cl.O=[N+]([O-])c1ccc(S(=O)CC2CCNCC2)nc1. The Balaban J connectivity index is 0.00000180. The zero-order chi connectivity index (χ0) is 13.0. The monoisotopic (exact) mass is 305 g/mol. The molecule has 0 bridgehead atoms. The maximum absolute atomic E-state index is 12.1. The molecular formula is C11H16ClN3O3S. The lowest BCUT2D eigenvalue weighted by atomic mass is 10.0. The molecule has 1 atom stereocenters. The lowest BCUT2D eigenvalue weighted by Crippen LogP contribution is -2.30. The van der Waals surface area contributed by atoms with Crippen molar-refractivity contribution in [2.24, 2.45) is 5.92 Å². The Hall–Kier alpha value is -1.05.